The van der Waals surface area contributed by atoms with Crippen LogP contribution in [0.2, 0.25) is 8.87 Å². The molecule has 0 aliphatic heterocycles. The van der Waals surface area contributed by atoms with Crippen molar-refractivity contribution in [3.63, 3.8) is 0 Å². The number of hydrogen-bond acceptors (Lipinski definition) is 4. The van der Waals surface area contributed by atoms with Gasteiger partial charge in [0.05, 0.1) is 0 Å². The number of hydrogen-bond donors (Lipinski definition) is 2. The molecule has 0 amide bonds. The van der Waals surface area contributed by atoms with Crippen LogP contribution >= 0.6 is 17.9 Å². The SMILES string of the molecule is CCC[CH2][Sn]([CH2]CCC)([S]c1ccc(O)cc1)[S]c1ccc(O)cc1. The van der Waals surface area contributed by atoms with Crippen molar-refractivity contribution in [1.29, 1.82) is 0 Å². The van der Waals surface area contributed by atoms with Crippen LogP contribution in [-0.2, 0) is 0 Å². The van der Waals surface area contributed by atoms with E-state index in [1.54, 1.807) is 24.3 Å². The van der Waals surface area contributed by atoms with Gasteiger partial charge in [-0.25, -0.2) is 0 Å². The zero-order valence-electron chi connectivity index (χ0n) is 15.1. The summed E-state index contributed by atoms with van der Waals surface area (Å²) in [6.07, 6.45) is 5.04. The van der Waals surface area contributed by atoms with Gasteiger partial charge in [0, 0.05) is 0 Å². The monoisotopic (exact) mass is 484 g/mol. The molecule has 0 atom stereocenters. The van der Waals surface area contributed by atoms with Crippen LogP contribution in [0, 0.1) is 0 Å². The number of benzene rings is 2. The van der Waals surface area contributed by atoms with E-state index in [4.69, 9.17) is 0 Å². The predicted molar refractivity (Wildman–Crippen MR) is 113 cm³/mol. The van der Waals surface area contributed by atoms with Crippen LogP contribution in [0.3, 0.4) is 0 Å². The van der Waals surface area contributed by atoms with Gasteiger partial charge in [-0.05, 0) is 0 Å². The van der Waals surface area contributed by atoms with Crippen LogP contribution in [0.1, 0.15) is 39.5 Å². The van der Waals surface area contributed by atoms with Gasteiger partial charge in [0.25, 0.3) is 0 Å². The molecular formula is C20H28O2S2Sn. The van der Waals surface area contributed by atoms with Gasteiger partial charge in [0.1, 0.15) is 0 Å². The van der Waals surface area contributed by atoms with Crippen LogP contribution in [0.25, 0.3) is 0 Å². The van der Waals surface area contributed by atoms with E-state index in [-0.39, 0.29) is 0 Å². The zero-order valence-corrected chi connectivity index (χ0v) is 19.6. The normalized spacial score (nSPS) is 11.6. The molecule has 0 aliphatic carbocycles. The molecule has 0 saturated heterocycles. The summed E-state index contributed by atoms with van der Waals surface area (Å²) in [5.74, 6) is 0.664. The second-order valence-electron chi connectivity index (χ2n) is 6.31. The van der Waals surface area contributed by atoms with Gasteiger partial charge in [-0.3, -0.25) is 0 Å². The van der Waals surface area contributed by atoms with Crippen LogP contribution in [0.15, 0.2) is 58.3 Å². The standard InChI is InChI=1S/2C6H6OS.2C4H9.Sn/c2*7-5-1-3-6(8)4-2-5;2*1-3-4-2;/h2*1-4,7-8H;2*1,3-4H2,2H3;/q;;;;+2/p-2. The Morgan fingerprint density at radius 1 is 0.680 bits per heavy atom. The first-order valence-corrected chi connectivity index (χ1v) is 21.7. The molecule has 0 saturated carbocycles. The quantitative estimate of drug-likeness (QED) is 0.356. The second kappa shape index (κ2) is 10.6. The Labute approximate surface area is 161 Å². The van der Waals surface area contributed by atoms with E-state index >= 15 is 0 Å². The molecule has 5 heteroatoms. The van der Waals surface area contributed by atoms with Crippen LogP contribution in [0.5, 0.6) is 11.5 Å². The molecule has 0 spiro atoms. The Kier molecular flexibility index (Phi) is 8.86. The van der Waals surface area contributed by atoms with E-state index in [2.05, 4.69) is 56.0 Å². The topological polar surface area (TPSA) is 40.5 Å². The molecule has 0 radical (unpaired) electrons. The number of rotatable bonds is 10. The summed E-state index contributed by atoms with van der Waals surface area (Å²) in [7, 11) is 4.25. The molecule has 0 heterocycles. The second-order valence-corrected chi connectivity index (χ2v) is 31.4. The molecule has 2 aromatic carbocycles. The predicted octanol–water partition coefficient (Wildman–Crippen LogP) is 7.02. The number of unbranched alkanes of at least 4 members (excludes halogenated alkanes) is 2. The molecular weight excluding hydrogens is 455 g/mol. The molecule has 0 aliphatic rings. The fourth-order valence-corrected chi connectivity index (χ4v) is 32.5. The van der Waals surface area contributed by atoms with Gasteiger partial charge in [-0.1, -0.05) is 0 Å². The summed E-state index contributed by atoms with van der Waals surface area (Å²) in [5, 5.41) is 19.2. The Bertz CT molecular complexity index is 572. The van der Waals surface area contributed by atoms with Crippen molar-refractivity contribution in [2.45, 2.75) is 58.2 Å². The Hall–Kier alpha value is -0.461. The molecule has 2 N–H and O–H groups in total. The van der Waals surface area contributed by atoms with Gasteiger partial charge >= 0.3 is 162 Å². The zero-order chi connectivity index (χ0) is 18.1. The Morgan fingerprint density at radius 3 is 1.36 bits per heavy atom. The van der Waals surface area contributed by atoms with E-state index in [9.17, 15) is 10.2 Å². The van der Waals surface area contributed by atoms with E-state index in [1.807, 2.05) is 0 Å². The average Bonchev–Trinajstić information content (AvgIpc) is 2.62. The minimum atomic E-state index is -2.58. The summed E-state index contributed by atoms with van der Waals surface area (Å²) in [5.41, 5.74) is 0. The van der Waals surface area contributed by atoms with Crippen molar-refractivity contribution in [2.75, 3.05) is 0 Å². The van der Waals surface area contributed by atoms with Gasteiger partial charge in [0.15, 0.2) is 0 Å². The first-order chi connectivity index (χ1) is 12.1. The van der Waals surface area contributed by atoms with Crippen molar-refractivity contribution in [3.05, 3.63) is 48.5 Å². The summed E-state index contributed by atoms with van der Waals surface area (Å²) >= 11 is -2.58. The summed E-state index contributed by atoms with van der Waals surface area (Å²) in [6.45, 7) is 4.54. The van der Waals surface area contributed by atoms with Gasteiger partial charge in [-0.2, -0.15) is 0 Å². The Morgan fingerprint density at radius 2 is 1.04 bits per heavy atom. The van der Waals surface area contributed by atoms with Crippen LogP contribution in [0.4, 0.5) is 0 Å². The molecule has 25 heavy (non-hydrogen) atoms. The number of phenols is 2. The molecule has 0 fully saturated rings. The van der Waals surface area contributed by atoms with Gasteiger partial charge in [-0.15, -0.1) is 0 Å². The van der Waals surface area contributed by atoms with Crippen molar-refractivity contribution in [2.24, 2.45) is 0 Å². The molecule has 2 nitrogen and oxygen atoms in total. The maximum absolute atomic E-state index is 9.58. The molecule has 0 aromatic heterocycles. The third-order valence-corrected chi connectivity index (χ3v) is 31.5. The van der Waals surface area contributed by atoms with Crippen molar-refractivity contribution < 1.29 is 10.2 Å². The Balaban J connectivity index is 2.27. The first kappa shape index (κ1) is 20.8. The average molecular weight is 483 g/mol. The van der Waals surface area contributed by atoms with E-state index < -0.39 is 15.6 Å². The van der Waals surface area contributed by atoms with Gasteiger partial charge in [0.2, 0.25) is 0 Å². The van der Waals surface area contributed by atoms with Crippen molar-refractivity contribution >= 4 is 33.5 Å². The summed E-state index contributed by atoms with van der Waals surface area (Å²) in [4.78, 5) is 2.57. The first-order valence-electron chi connectivity index (χ1n) is 9.03. The third kappa shape index (κ3) is 6.99. The van der Waals surface area contributed by atoms with Crippen molar-refractivity contribution in [1.82, 2.24) is 0 Å². The number of phenolic OH excluding ortho intramolecular Hbond substituents is 2. The molecule has 2 aromatic rings. The van der Waals surface area contributed by atoms with E-state index in [0.29, 0.717) is 11.5 Å². The minimum absolute atomic E-state index is 0.332. The van der Waals surface area contributed by atoms with Crippen LogP contribution in [-0.4, -0.2) is 25.8 Å². The van der Waals surface area contributed by atoms with E-state index in [1.165, 1.54) is 44.3 Å². The van der Waals surface area contributed by atoms with E-state index in [0.717, 1.165) is 0 Å². The summed E-state index contributed by atoms with van der Waals surface area (Å²) in [6, 6.07) is 15.4. The fourth-order valence-electron chi connectivity index (χ4n) is 2.70. The van der Waals surface area contributed by atoms with Crippen molar-refractivity contribution in [3.8, 4) is 11.5 Å². The van der Waals surface area contributed by atoms with Gasteiger partial charge < -0.3 is 0 Å². The summed E-state index contributed by atoms with van der Waals surface area (Å²) < 4.78 is 2.70. The molecule has 0 bridgehead atoms. The maximum atomic E-state index is 9.58. The molecule has 136 valence electrons. The fraction of sp³-hybridized carbons (Fsp3) is 0.400. The van der Waals surface area contributed by atoms with Crippen LogP contribution < -0.4 is 0 Å². The third-order valence-electron chi connectivity index (χ3n) is 4.10. The molecule has 0 unspecified atom stereocenters. The number of aromatic hydroxyl groups is 2. The molecule has 2 rings (SSSR count).